The van der Waals surface area contributed by atoms with Crippen LogP contribution in [0.2, 0.25) is 0 Å². The van der Waals surface area contributed by atoms with Crippen molar-refractivity contribution in [3.8, 4) is 0 Å². The van der Waals surface area contributed by atoms with Crippen LogP contribution in [0, 0.1) is 0 Å². The Hall–Kier alpha value is -3.97. The van der Waals surface area contributed by atoms with Gasteiger partial charge in [0.1, 0.15) is 0 Å². The SMILES string of the molecule is C=C(Nc1cc(C(F)(F)F)cc(C(F)(F)F)c1)N[C@@H]1CCCC[C@H]1N=P(c1ccccc1)(c1ccccc1)c1ccccc1. The lowest BCUT2D eigenvalue weighted by Gasteiger charge is -2.36. The molecule has 0 saturated heterocycles. The van der Waals surface area contributed by atoms with Gasteiger partial charge < -0.3 is 10.6 Å². The number of nitrogens with zero attached hydrogens (tertiary/aromatic N) is 1. The predicted molar refractivity (Wildman–Crippen MR) is 166 cm³/mol. The summed E-state index contributed by atoms with van der Waals surface area (Å²) in [6.45, 7) is 3.92. The van der Waals surface area contributed by atoms with E-state index in [0.717, 1.165) is 35.2 Å². The second-order valence-corrected chi connectivity index (χ2v) is 13.8. The molecule has 1 aliphatic rings. The molecule has 4 aromatic carbocycles. The molecule has 0 heterocycles. The number of benzene rings is 4. The predicted octanol–water partition coefficient (Wildman–Crippen LogP) is 8.69. The van der Waals surface area contributed by atoms with Crippen LogP contribution in [0.3, 0.4) is 0 Å². The first kappa shape index (κ1) is 31.5. The van der Waals surface area contributed by atoms with Gasteiger partial charge in [-0.15, -0.1) is 0 Å². The Morgan fingerprint density at radius 3 is 1.52 bits per heavy atom. The summed E-state index contributed by atoms with van der Waals surface area (Å²) >= 11 is 0. The van der Waals surface area contributed by atoms with Gasteiger partial charge in [-0.3, -0.25) is 4.74 Å². The van der Waals surface area contributed by atoms with Crippen molar-refractivity contribution in [2.75, 3.05) is 5.32 Å². The highest BCUT2D eigenvalue weighted by atomic mass is 31.2. The number of hydrogen-bond donors (Lipinski definition) is 2. The van der Waals surface area contributed by atoms with Crippen LogP contribution >= 0.6 is 7.05 Å². The van der Waals surface area contributed by atoms with Crippen molar-refractivity contribution in [2.45, 2.75) is 50.1 Å². The zero-order valence-electron chi connectivity index (χ0n) is 23.7. The highest BCUT2D eigenvalue weighted by molar-refractivity contribution is 7.87. The Labute approximate surface area is 253 Å². The molecule has 0 aromatic heterocycles. The van der Waals surface area contributed by atoms with Crippen molar-refractivity contribution in [3.05, 3.63) is 133 Å². The van der Waals surface area contributed by atoms with Crippen molar-refractivity contribution in [2.24, 2.45) is 4.74 Å². The maximum absolute atomic E-state index is 13.4. The third-order valence-electron chi connectivity index (χ3n) is 7.68. The van der Waals surface area contributed by atoms with E-state index >= 15 is 0 Å². The summed E-state index contributed by atoms with van der Waals surface area (Å²) in [7, 11) is -2.53. The summed E-state index contributed by atoms with van der Waals surface area (Å²) in [6.07, 6.45) is -6.58. The average Bonchev–Trinajstić information content (AvgIpc) is 3.01. The molecule has 5 rings (SSSR count). The van der Waals surface area contributed by atoms with Crippen LogP contribution in [0.25, 0.3) is 0 Å². The molecule has 0 radical (unpaired) electrons. The number of alkyl halides is 6. The molecule has 0 spiro atoms. The molecule has 230 valence electrons. The molecule has 0 aliphatic heterocycles. The van der Waals surface area contributed by atoms with Gasteiger partial charge in [0.05, 0.1) is 30.0 Å². The number of nitrogens with one attached hydrogen (secondary N) is 2. The van der Waals surface area contributed by atoms with Gasteiger partial charge in [0.15, 0.2) is 0 Å². The van der Waals surface area contributed by atoms with Crippen LogP contribution in [0.15, 0.2) is 126 Å². The summed E-state index contributed by atoms with van der Waals surface area (Å²) < 4.78 is 86.3. The first-order chi connectivity index (χ1) is 21.0. The van der Waals surface area contributed by atoms with Crippen molar-refractivity contribution in [1.82, 2.24) is 5.32 Å². The van der Waals surface area contributed by atoms with E-state index in [4.69, 9.17) is 4.74 Å². The minimum atomic E-state index is -4.95. The van der Waals surface area contributed by atoms with Gasteiger partial charge in [0, 0.05) is 27.6 Å². The molecule has 0 unspecified atom stereocenters. The van der Waals surface area contributed by atoms with E-state index in [1.165, 1.54) is 0 Å². The smallest absolute Gasteiger partial charge is 0.367 e. The third kappa shape index (κ3) is 7.05. The highest BCUT2D eigenvalue weighted by Crippen LogP contribution is 2.48. The van der Waals surface area contributed by atoms with Gasteiger partial charge in [-0.25, -0.2) is 0 Å². The van der Waals surface area contributed by atoms with Gasteiger partial charge in [0.2, 0.25) is 0 Å². The first-order valence-electron chi connectivity index (χ1n) is 14.3. The van der Waals surface area contributed by atoms with E-state index in [-0.39, 0.29) is 29.7 Å². The Morgan fingerprint density at radius 1 is 0.659 bits per heavy atom. The van der Waals surface area contributed by atoms with Crippen LogP contribution < -0.4 is 26.5 Å². The number of rotatable bonds is 8. The van der Waals surface area contributed by atoms with Crippen LogP contribution in [0.4, 0.5) is 32.0 Å². The van der Waals surface area contributed by atoms with E-state index in [0.29, 0.717) is 18.6 Å². The van der Waals surface area contributed by atoms with Gasteiger partial charge in [-0.05, 0) is 31.0 Å². The van der Waals surface area contributed by atoms with Crippen molar-refractivity contribution < 1.29 is 26.3 Å². The molecule has 3 nitrogen and oxygen atoms in total. The molecular weight excluding hydrogens is 595 g/mol. The maximum atomic E-state index is 13.4. The molecule has 10 heteroatoms. The molecule has 0 amide bonds. The molecule has 1 fully saturated rings. The topological polar surface area (TPSA) is 36.4 Å². The van der Waals surface area contributed by atoms with Crippen molar-refractivity contribution in [1.29, 1.82) is 0 Å². The summed E-state index contributed by atoms with van der Waals surface area (Å²) in [5.74, 6) is 0.104. The van der Waals surface area contributed by atoms with Crippen LogP contribution in [0.5, 0.6) is 0 Å². The lowest BCUT2D eigenvalue weighted by atomic mass is 9.91. The Kier molecular flexibility index (Phi) is 9.26. The number of anilines is 1. The lowest BCUT2D eigenvalue weighted by molar-refractivity contribution is -0.143. The zero-order valence-corrected chi connectivity index (χ0v) is 24.6. The molecule has 1 saturated carbocycles. The Morgan fingerprint density at radius 2 is 1.09 bits per heavy atom. The van der Waals surface area contributed by atoms with Crippen LogP contribution in [-0.2, 0) is 12.4 Å². The van der Waals surface area contributed by atoms with Crippen LogP contribution in [0.1, 0.15) is 36.8 Å². The molecule has 0 bridgehead atoms. The fourth-order valence-corrected chi connectivity index (χ4v) is 9.51. The monoisotopic (exact) mass is 627 g/mol. The summed E-state index contributed by atoms with van der Waals surface area (Å²) in [6, 6.07) is 31.4. The molecule has 2 atom stereocenters. The second kappa shape index (κ2) is 12.9. The second-order valence-electron chi connectivity index (χ2n) is 10.8. The minimum Gasteiger partial charge on any atom is -0.367 e. The standard InChI is InChI=1S/C34H32F6N3P/c1-24(41-27-22-25(33(35,36)37)21-26(23-27)34(38,39)40)42-31-19-11-12-20-32(31)43-44(28-13-5-2-6-14-28,29-15-7-3-8-16-29)30-17-9-4-10-18-30/h2-10,13-18,21-23,31-32,41-42H,1,11-12,19-20H2/t31-,32-/m1/s1. The molecule has 2 N–H and O–H groups in total. The minimum absolute atomic E-state index is 0.104. The van der Waals surface area contributed by atoms with Crippen LogP contribution in [-0.4, -0.2) is 12.1 Å². The summed E-state index contributed by atoms with van der Waals surface area (Å²) in [5, 5.41) is 9.18. The number of halogens is 6. The number of hydrogen-bond acceptors (Lipinski definition) is 3. The third-order valence-corrected chi connectivity index (χ3v) is 11.5. The largest absolute Gasteiger partial charge is 0.416 e. The van der Waals surface area contributed by atoms with Crippen molar-refractivity contribution >= 4 is 28.7 Å². The van der Waals surface area contributed by atoms with Gasteiger partial charge in [0.25, 0.3) is 0 Å². The average molecular weight is 628 g/mol. The first-order valence-corrected chi connectivity index (χ1v) is 16.0. The fourth-order valence-electron chi connectivity index (χ4n) is 5.68. The zero-order chi connectivity index (χ0) is 31.4. The lowest BCUT2D eigenvalue weighted by Crippen LogP contribution is -2.42. The van der Waals surface area contributed by atoms with E-state index in [9.17, 15) is 26.3 Å². The summed E-state index contributed by atoms with van der Waals surface area (Å²) in [5.41, 5.74) is -3.14. The molecule has 4 aromatic rings. The summed E-state index contributed by atoms with van der Waals surface area (Å²) in [4.78, 5) is 0. The normalized spacial score (nSPS) is 17.5. The fraction of sp³-hybridized carbons (Fsp3) is 0.235. The Balaban J connectivity index is 1.53. The maximum Gasteiger partial charge on any atom is 0.416 e. The van der Waals surface area contributed by atoms with E-state index in [1.807, 2.05) is 54.6 Å². The van der Waals surface area contributed by atoms with E-state index < -0.39 is 30.5 Å². The molecular formula is C34H32F6N3P. The highest BCUT2D eigenvalue weighted by Gasteiger charge is 2.37. The molecule has 44 heavy (non-hydrogen) atoms. The van der Waals surface area contributed by atoms with Gasteiger partial charge >= 0.3 is 12.4 Å². The van der Waals surface area contributed by atoms with Gasteiger partial charge in [-0.2, -0.15) is 26.3 Å². The van der Waals surface area contributed by atoms with Crippen molar-refractivity contribution in [3.63, 3.8) is 0 Å². The Bertz CT molecular complexity index is 1480. The molecule has 1 aliphatic carbocycles. The van der Waals surface area contributed by atoms with E-state index in [1.54, 1.807) is 0 Å². The van der Waals surface area contributed by atoms with E-state index in [2.05, 4.69) is 53.6 Å². The van der Waals surface area contributed by atoms with Gasteiger partial charge in [-0.1, -0.05) is 110 Å². The quantitative estimate of drug-likeness (QED) is 0.152.